The summed E-state index contributed by atoms with van der Waals surface area (Å²) in [6.45, 7) is 9.83. The van der Waals surface area contributed by atoms with Gasteiger partial charge in [-0.1, -0.05) is 6.07 Å². The summed E-state index contributed by atoms with van der Waals surface area (Å²) in [5.41, 5.74) is 6.54. The predicted octanol–water partition coefficient (Wildman–Crippen LogP) is 3.90. The van der Waals surface area contributed by atoms with Gasteiger partial charge in [-0.3, -0.25) is 0 Å². The Morgan fingerprint density at radius 2 is 1.83 bits per heavy atom. The molecule has 4 aromatic heterocycles. The Labute approximate surface area is 167 Å². The molecule has 0 saturated carbocycles. The van der Waals surface area contributed by atoms with E-state index in [0.29, 0.717) is 5.71 Å². The molecule has 0 radical (unpaired) electrons. The maximum Gasteiger partial charge on any atom is 0.249 e. The van der Waals surface area contributed by atoms with Crippen LogP contribution in [0, 0.1) is 34.6 Å². The number of benzene rings is 1. The van der Waals surface area contributed by atoms with Crippen molar-refractivity contribution in [2.45, 2.75) is 34.6 Å². The highest BCUT2D eigenvalue weighted by molar-refractivity contribution is 5.73. The molecule has 0 spiro atoms. The maximum atomic E-state index is 6.18. The first kappa shape index (κ1) is 17.4. The fourth-order valence-corrected chi connectivity index (χ4v) is 3.85. The second kappa shape index (κ2) is 6.16. The zero-order chi connectivity index (χ0) is 20.3. The average molecular weight is 387 g/mol. The highest BCUT2D eigenvalue weighted by Gasteiger charge is 2.24. The topological polar surface area (TPSA) is 79.0 Å². The van der Waals surface area contributed by atoms with Gasteiger partial charge in [0.2, 0.25) is 5.71 Å². The summed E-state index contributed by atoms with van der Waals surface area (Å²) in [4.78, 5) is 8.54. The first-order valence-corrected chi connectivity index (χ1v) is 9.42. The van der Waals surface area contributed by atoms with Crippen molar-refractivity contribution < 1.29 is 4.42 Å². The number of fused-ring (bicyclic) bond motifs is 1. The molecular formula is C21H21N7O. The molecule has 0 aliphatic carbocycles. The lowest BCUT2D eigenvalue weighted by molar-refractivity contribution is 0.569. The Morgan fingerprint density at radius 1 is 1.00 bits per heavy atom. The predicted molar refractivity (Wildman–Crippen MR) is 109 cm³/mol. The molecule has 0 fully saturated rings. The van der Waals surface area contributed by atoms with Gasteiger partial charge in [0.15, 0.2) is 5.69 Å². The van der Waals surface area contributed by atoms with Crippen LogP contribution in [0.25, 0.3) is 28.3 Å². The average Bonchev–Trinajstić information content (AvgIpc) is 3.42. The summed E-state index contributed by atoms with van der Waals surface area (Å²) >= 11 is 0. The van der Waals surface area contributed by atoms with Crippen LogP contribution in [0.4, 0.5) is 0 Å². The molecule has 0 amide bonds. The van der Waals surface area contributed by atoms with Crippen LogP contribution in [-0.4, -0.2) is 33.9 Å². The molecule has 5 aromatic rings. The molecule has 146 valence electrons. The Balaban J connectivity index is 1.70. The van der Waals surface area contributed by atoms with Gasteiger partial charge in [0.05, 0.1) is 12.0 Å². The Morgan fingerprint density at radius 3 is 2.48 bits per heavy atom. The Hall–Kier alpha value is -3.68. The number of aromatic nitrogens is 7. The highest BCUT2D eigenvalue weighted by atomic mass is 16.4. The van der Waals surface area contributed by atoms with Gasteiger partial charge in [-0.05, 0) is 52.3 Å². The number of hydrogen-bond donors (Lipinski definition) is 0. The number of rotatable bonds is 3. The van der Waals surface area contributed by atoms with Gasteiger partial charge in [0, 0.05) is 23.6 Å². The molecule has 0 unspecified atom stereocenters. The van der Waals surface area contributed by atoms with E-state index in [-0.39, 0.29) is 0 Å². The van der Waals surface area contributed by atoms with Crippen molar-refractivity contribution in [1.82, 2.24) is 33.9 Å². The van der Waals surface area contributed by atoms with Crippen LogP contribution in [0.3, 0.4) is 0 Å². The third-order valence-electron chi connectivity index (χ3n) is 5.14. The quantitative estimate of drug-likeness (QED) is 0.469. The van der Waals surface area contributed by atoms with Gasteiger partial charge >= 0.3 is 0 Å². The van der Waals surface area contributed by atoms with Crippen LogP contribution in [0.1, 0.15) is 28.7 Å². The van der Waals surface area contributed by atoms with Crippen molar-refractivity contribution in [2.75, 3.05) is 0 Å². The lowest BCUT2D eigenvalue weighted by atomic mass is 10.0. The standard InChI is InChI=1S/C21H21N7O/c1-12-10-17(26-9-8-22-11-26)6-7-18(12)20-14(3)29-21-19(13(2)24-28(20)21)27-16(5)23-15(4)25-27/h6-11H,1-5H3. The summed E-state index contributed by atoms with van der Waals surface area (Å²) in [6.07, 6.45) is 5.50. The van der Waals surface area contributed by atoms with Crippen molar-refractivity contribution in [3.05, 3.63) is 65.6 Å². The first-order valence-electron chi connectivity index (χ1n) is 9.42. The zero-order valence-electron chi connectivity index (χ0n) is 17.0. The molecule has 4 heterocycles. The molecule has 0 saturated heterocycles. The number of nitrogens with zero attached hydrogens (tertiary/aromatic N) is 7. The maximum absolute atomic E-state index is 6.18. The molecule has 0 bridgehead atoms. The van der Waals surface area contributed by atoms with E-state index in [2.05, 4.69) is 40.2 Å². The van der Waals surface area contributed by atoms with E-state index in [9.17, 15) is 0 Å². The van der Waals surface area contributed by atoms with Crippen molar-refractivity contribution in [2.24, 2.45) is 0 Å². The molecule has 0 aliphatic rings. The van der Waals surface area contributed by atoms with Gasteiger partial charge < -0.3 is 8.98 Å². The SMILES string of the molecule is Cc1nc(C)n(-c2c(C)nn3c(-c4ccc(-n5ccnc5)cc4C)c(C)oc23)n1. The smallest absolute Gasteiger partial charge is 0.249 e. The van der Waals surface area contributed by atoms with E-state index in [1.165, 1.54) is 0 Å². The lowest BCUT2D eigenvalue weighted by Gasteiger charge is -2.08. The summed E-state index contributed by atoms with van der Waals surface area (Å²) in [6, 6.07) is 6.31. The largest absolute Gasteiger partial charge is 0.439 e. The van der Waals surface area contributed by atoms with E-state index in [1.807, 2.05) is 43.0 Å². The van der Waals surface area contributed by atoms with E-state index in [1.54, 1.807) is 17.2 Å². The number of imidazole rings is 1. The van der Waals surface area contributed by atoms with Crippen molar-refractivity contribution in [1.29, 1.82) is 0 Å². The van der Waals surface area contributed by atoms with Crippen molar-refractivity contribution >= 4 is 5.71 Å². The fraction of sp³-hybridized carbons (Fsp3) is 0.238. The Kier molecular flexibility index (Phi) is 3.70. The highest BCUT2D eigenvalue weighted by Crippen LogP contribution is 2.34. The third-order valence-corrected chi connectivity index (χ3v) is 5.14. The van der Waals surface area contributed by atoms with Crippen LogP contribution >= 0.6 is 0 Å². The van der Waals surface area contributed by atoms with E-state index < -0.39 is 0 Å². The minimum Gasteiger partial charge on any atom is -0.439 e. The second-order valence-corrected chi connectivity index (χ2v) is 7.25. The van der Waals surface area contributed by atoms with Gasteiger partial charge in [-0.15, -0.1) is 0 Å². The molecule has 8 nitrogen and oxygen atoms in total. The molecule has 1 aromatic carbocycles. The normalized spacial score (nSPS) is 11.6. The Bertz CT molecular complexity index is 1350. The summed E-state index contributed by atoms with van der Waals surface area (Å²) in [5, 5.41) is 9.29. The molecule has 0 aliphatic heterocycles. The molecular weight excluding hydrogens is 366 g/mol. The van der Waals surface area contributed by atoms with Crippen molar-refractivity contribution in [3.63, 3.8) is 0 Å². The first-order chi connectivity index (χ1) is 13.9. The van der Waals surface area contributed by atoms with E-state index >= 15 is 0 Å². The molecule has 8 heteroatoms. The summed E-state index contributed by atoms with van der Waals surface area (Å²) in [7, 11) is 0. The summed E-state index contributed by atoms with van der Waals surface area (Å²) < 4.78 is 11.8. The minimum absolute atomic E-state index is 0.668. The van der Waals surface area contributed by atoms with E-state index in [0.717, 1.165) is 51.3 Å². The van der Waals surface area contributed by atoms with Crippen LogP contribution in [-0.2, 0) is 0 Å². The van der Waals surface area contributed by atoms with Crippen LogP contribution in [0.15, 0.2) is 41.3 Å². The van der Waals surface area contributed by atoms with E-state index in [4.69, 9.17) is 9.52 Å². The van der Waals surface area contributed by atoms with Crippen molar-refractivity contribution in [3.8, 4) is 22.6 Å². The van der Waals surface area contributed by atoms with Gasteiger partial charge in [0.25, 0.3) is 0 Å². The lowest BCUT2D eigenvalue weighted by Crippen LogP contribution is -2.00. The molecule has 0 atom stereocenters. The molecule has 29 heavy (non-hydrogen) atoms. The van der Waals surface area contributed by atoms with Crippen LogP contribution < -0.4 is 0 Å². The third kappa shape index (κ3) is 2.60. The molecule has 5 rings (SSSR count). The summed E-state index contributed by atoms with van der Waals surface area (Å²) in [5.74, 6) is 2.33. The number of hydrogen-bond acceptors (Lipinski definition) is 5. The number of aryl methyl sites for hydroxylation is 5. The molecule has 0 N–H and O–H groups in total. The van der Waals surface area contributed by atoms with Gasteiger partial charge in [-0.25, -0.2) is 14.6 Å². The second-order valence-electron chi connectivity index (χ2n) is 7.25. The van der Waals surface area contributed by atoms with Crippen LogP contribution in [0.2, 0.25) is 0 Å². The van der Waals surface area contributed by atoms with Gasteiger partial charge in [-0.2, -0.15) is 14.7 Å². The fourth-order valence-electron chi connectivity index (χ4n) is 3.85. The van der Waals surface area contributed by atoms with Gasteiger partial charge in [0.1, 0.15) is 23.1 Å². The number of oxazole rings is 1. The zero-order valence-corrected chi connectivity index (χ0v) is 17.0. The minimum atomic E-state index is 0.668. The monoisotopic (exact) mass is 387 g/mol. The van der Waals surface area contributed by atoms with Crippen LogP contribution in [0.5, 0.6) is 0 Å².